The lowest BCUT2D eigenvalue weighted by atomic mass is 10.1. The summed E-state index contributed by atoms with van der Waals surface area (Å²) in [6, 6.07) is 19.9. The van der Waals surface area contributed by atoms with E-state index in [0.717, 1.165) is 33.6 Å². The van der Waals surface area contributed by atoms with E-state index in [1.165, 1.54) is 11.8 Å². The van der Waals surface area contributed by atoms with Crippen LogP contribution < -0.4 is 0 Å². The molecular formula is C25H22N4O2S. The highest BCUT2D eigenvalue weighted by Crippen LogP contribution is 2.31. The highest BCUT2D eigenvalue weighted by atomic mass is 32.2. The molecule has 0 radical (unpaired) electrons. The van der Waals surface area contributed by atoms with Crippen molar-refractivity contribution in [1.29, 1.82) is 0 Å². The average molecular weight is 443 g/mol. The van der Waals surface area contributed by atoms with Gasteiger partial charge in [-0.1, -0.05) is 60.3 Å². The van der Waals surface area contributed by atoms with E-state index in [1.807, 2.05) is 62.4 Å². The van der Waals surface area contributed by atoms with Gasteiger partial charge in [0.1, 0.15) is 5.76 Å². The number of rotatable bonds is 7. The number of nitrogens with zero attached hydrogens (tertiary/aromatic N) is 3. The molecule has 1 atom stereocenters. The van der Waals surface area contributed by atoms with E-state index in [-0.39, 0.29) is 11.0 Å². The Balaban J connectivity index is 1.48. The molecule has 1 unspecified atom stereocenters. The third kappa shape index (κ3) is 3.76. The SMILES string of the molecule is Cc1occc1-c1nnc(SC(C)C(=O)c2c[nH]c3ccccc23)n1Cc1ccccc1. The predicted octanol–water partition coefficient (Wildman–Crippen LogP) is 5.74. The lowest BCUT2D eigenvalue weighted by Gasteiger charge is -2.13. The van der Waals surface area contributed by atoms with E-state index >= 15 is 0 Å². The molecule has 1 N–H and O–H groups in total. The Morgan fingerprint density at radius 1 is 1.09 bits per heavy atom. The third-order valence-corrected chi connectivity index (χ3v) is 6.59. The number of fused-ring (bicyclic) bond motifs is 1. The van der Waals surface area contributed by atoms with Crippen molar-refractivity contribution in [2.75, 3.05) is 0 Å². The van der Waals surface area contributed by atoms with E-state index in [2.05, 4.69) is 31.9 Å². The van der Waals surface area contributed by atoms with Crippen molar-refractivity contribution in [2.45, 2.75) is 30.8 Å². The summed E-state index contributed by atoms with van der Waals surface area (Å²) in [4.78, 5) is 16.5. The van der Waals surface area contributed by atoms with Crippen LogP contribution in [-0.2, 0) is 6.54 Å². The van der Waals surface area contributed by atoms with Gasteiger partial charge in [-0.05, 0) is 31.5 Å². The maximum Gasteiger partial charge on any atom is 0.192 e. The zero-order valence-corrected chi connectivity index (χ0v) is 18.6. The number of H-pyrrole nitrogens is 1. The molecule has 5 aromatic rings. The summed E-state index contributed by atoms with van der Waals surface area (Å²) in [5.41, 5.74) is 3.68. The largest absolute Gasteiger partial charge is 0.469 e. The van der Waals surface area contributed by atoms with Gasteiger partial charge in [0.15, 0.2) is 16.8 Å². The van der Waals surface area contributed by atoms with Crippen LogP contribution in [0.5, 0.6) is 0 Å². The Bertz CT molecular complexity index is 1380. The van der Waals surface area contributed by atoms with Crippen LogP contribution >= 0.6 is 11.8 Å². The van der Waals surface area contributed by atoms with Crippen LogP contribution in [0.4, 0.5) is 0 Å². The number of hydrogen-bond donors (Lipinski definition) is 1. The van der Waals surface area contributed by atoms with Gasteiger partial charge in [-0.25, -0.2) is 0 Å². The predicted molar refractivity (Wildman–Crippen MR) is 126 cm³/mol. The van der Waals surface area contributed by atoms with Crippen molar-refractivity contribution in [3.63, 3.8) is 0 Å². The van der Waals surface area contributed by atoms with Crippen molar-refractivity contribution in [3.8, 4) is 11.4 Å². The van der Waals surface area contributed by atoms with E-state index in [1.54, 1.807) is 12.5 Å². The molecule has 0 fully saturated rings. The quantitative estimate of drug-likeness (QED) is 0.257. The Kier molecular flexibility index (Phi) is 5.41. The Labute approximate surface area is 189 Å². The number of furan rings is 1. The number of aromatic amines is 1. The van der Waals surface area contributed by atoms with Gasteiger partial charge in [-0.3, -0.25) is 9.36 Å². The normalized spacial score (nSPS) is 12.3. The molecule has 32 heavy (non-hydrogen) atoms. The maximum atomic E-state index is 13.3. The second-order valence-electron chi connectivity index (χ2n) is 7.64. The smallest absolute Gasteiger partial charge is 0.192 e. The molecular weight excluding hydrogens is 420 g/mol. The van der Waals surface area contributed by atoms with Crippen molar-refractivity contribution >= 4 is 28.4 Å². The van der Waals surface area contributed by atoms with Gasteiger partial charge in [-0.2, -0.15) is 0 Å². The van der Waals surface area contributed by atoms with Crippen LogP contribution in [0.15, 0.2) is 82.7 Å². The molecule has 0 aliphatic carbocycles. The zero-order valence-electron chi connectivity index (χ0n) is 17.8. The number of hydrogen-bond acceptors (Lipinski definition) is 5. The minimum Gasteiger partial charge on any atom is -0.469 e. The van der Waals surface area contributed by atoms with Crippen LogP contribution in [-0.4, -0.2) is 30.8 Å². The van der Waals surface area contributed by atoms with Crippen molar-refractivity contribution < 1.29 is 9.21 Å². The maximum absolute atomic E-state index is 13.3. The summed E-state index contributed by atoms with van der Waals surface area (Å²) in [6.07, 6.45) is 3.45. The summed E-state index contributed by atoms with van der Waals surface area (Å²) in [6.45, 7) is 4.43. The molecule has 3 aromatic heterocycles. The molecule has 0 saturated carbocycles. The molecule has 0 spiro atoms. The van der Waals surface area contributed by atoms with E-state index < -0.39 is 0 Å². The van der Waals surface area contributed by atoms with E-state index in [9.17, 15) is 4.79 Å². The molecule has 2 aromatic carbocycles. The summed E-state index contributed by atoms with van der Waals surface area (Å²) < 4.78 is 7.55. The minimum atomic E-state index is -0.328. The van der Waals surface area contributed by atoms with Gasteiger partial charge in [0.25, 0.3) is 0 Å². The Morgan fingerprint density at radius 3 is 2.66 bits per heavy atom. The van der Waals surface area contributed by atoms with Crippen LogP contribution in [0.3, 0.4) is 0 Å². The van der Waals surface area contributed by atoms with Crippen LogP contribution in [0, 0.1) is 6.92 Å². The first-order valence-corrected chi connectivity index (χ1v) is 11.3. The molecule has 0 saturated heterocycles. The number of nitrogens with one attached hydrogen (secondary N) is 1. The van der Waals surface area contributed by atoms with Crippen molar-refractivity contribution in [1.82, 2.24) is 19.7 Å². The lowest BCUT2D eigenvalue weighted by molar-refractivity contribution is 0.0995. The van der Waals surface area contributed by atoms with Crippen LogP contribution in [0.1, 0.15) is 28.6 Å². The first-order chi connectivity index (χ1) is 15.6. The molecule has 6 nitrogen and oxygen atoms in total. The monoisotopic (exact) mass is 442 g/mol. The van der Waals surface area contributed by atoms with Crippen LogP contribution in [0.2, 0.25) is 0 Å². The molecule has 5 rings (SSSR count). The second-order valence-corrected chi connectivity index (χ2v) is 8.95. The van der Waals surface area contributed by atoms with Gasteiger partial charge in [0, 0.05) is 22.7 Å². The number of aryl methyl sites for hydroxylation is 1. The van der Waals surface area contributed by atoms with E-state index in [0.29, 0.717) is 17.3 Å². The summed E-state index contributed by atoms with van der Waals surface area (Å²) in [7, 11) is 0. The van der Waals surface area contributed by atoms with Gasteiger partial charge in [0.05, 0.1) is 23.6 Å². The number of carbonyl (C=O) groups excluding carboxylic acids is 1. The standard InChI is InChI=1S/C25H22N4O2S/c1-16-19(12-13-31-16)24-27-28-25(29(24)15-18-8-4-3-5-9-18)32-17(2)23(30)21-14-26-22-11-7-6-10-20(21)22/h3-14,17,26H,15H2,1-2H3. The Morgan fingerprint density at radius 2 is 1.88 bits per heavy atom. The zero-order chi connectivity index (χ0) is 22.1. The number of Topliss-reactive ketones (excluding diaryl/α,β-unsaturated/α-hetero) is 1. The van der Waals surface area contributed by atoms with Crippen LogP contribution in [0.25, 0.3) is 22.3 Å². The number of benzene rings is 2. The van der Waals surface area contributed by atoms with Gasteiger partial charge in [0.2, 0.25) is 0 Å². The fourth-order valence-electron chi connectivity index (χ4n) is 3.81. The van der Waals surface area contributed by atoms with Gasteiger partial charge < -0.3 is 9.40 Å². The van der Waals surface area contributed by atoms with Gasteiger partial charge >= 0.3 is 0 Å². The van der Waals surface area contributed by atoms with E-state index in [4.69, 9.17) is 4.42 Å². The number of carbonyl (C=O) groups is 1. The van der Waals surface area contributed by atoms with Crippen molar-refractivity contribution in [2.24, 2.45) is 0 Å². The number of ketones is 1. The Hall–Kier alpha value is -3.58. The molecule has 3 heterocycles. The molecule has 160 valence electrons. The van der Waals surface area contributed by atoms with Gasteiger partial charge in [-0.15, -0.1) is 10.2 Å². The molecule has 7 heteroatoms. The molecule has 0 amide bonds. The van der Waals surface area contributed by atoms with Crippen molar-refractivity contribution in [3.05, 3.63) is 90.0 Å². The molecule has 0 aliphatic rings. The summed E-state index contributed by atoms with van der Waals surface area (Å²) >= 11 is 1.42. The summed E-state index contributed by atoms with van der Waals surface area (Å²) in [5, 5.41) is 10.2. The molecule has 0 bridgehead atoms. The average Bonchev–Trinajstić information content (AvgIpc) is 3.53. The first kappa shape index (κ1) is 20.3. The fraction of sp³-hybridized carbons (Fsp3) is 0.160. The number of aromatic nitrogens is 4. The molecule has 0 aliphatic heterocycles. The summed E-state index contributed by atoms with van der Waals surface area (Å²) in [5.74, 6) is 1.57. The number of para-hydroxylation sites is 1. The fourth-order valence-corrected chi connectivity index (χ4v) is 4.72. The lowest BCUT2D eigenvalue weighted by Crippen LogP contribution is -2.15. The highest BCUT2D eigenvalue weighted by molar-refractivity contribution is 8.00. The topological polar surface area (TPSA) is 76.7 Å². The third-order valence-electron chi connectivity index (χ3n) is 5.51. The highest BCUT2D eigenvalue weighted by Gasteiger charge is 2.24. The number of thioether (sulfide) groups is 1. The first-order valence-electron chi connectivity index (χ1n) is 10.4. The second kappa shape index (κ2) is 8.51. The minimum absolute atomic E-state index is 0.0581.